The molecule has 6 nitrogen and oxygen atoms in total. The number of thiophene rings is 1. The second-order valence-corrected chi connectivity index (χ2v) is 11.8. The molecule has 0 bridgehead atoms. The number of halogens is 1. The first-order valence-electron chi connectivity index (χ1n) is 10.8. The number of hydrogen-bond acceptors (Lipinski definition) is 7. The molecule has 5 rings (SSSR count). The zero-order chi connectivity index (χ0) is 23.7. The van der Waals surface area contributed by atoms with E-state index in [1.807, 2.05) is 30.3 Å². The van der Waals surface area contributed by atoms with Crippen molar-refractivity contribution in [1.29, 1.82) is 0 Å². The molecule has 0 fully saturated rings. The summed E-state index contributed by atoms with van der Waals surface area (Å²) in [4.78, 5) is 34.1. The number of aryl methyl sites for hydroxylation is 2. The fraction of sp³-hybridized carbons (Fsp3) is 0.250. The molecule has 34 heavy (non-hydrogen) atoms. The summed E-state index contributed by atoms with van der Waals surface area (Å²) in [5, 5.41) is 12.0. The van der Waals surface area contributed by atoms with Crippen LogP contribution in [0.25, 0.3) is 10.2 Å². The van der Waals surface area contributed by atoms with Crippen molar-refractivity contribution in [3.05, 3.63) is 91.1 Å². The summed E-state index contributed by atoms with van der Waals surface area (Å²) in [6.07, 6.45) is 3.08. The molecule has 4 aromatic rings. The fourth-order valence-corrected chi connectivity index (χ4v) is 8.11. The maximum absolute atomic E-state index is 12.8. The Balaban J connectivity index is 1.39. The Kier molecular flexibility index (Phi) is 6.96. The van der Waals surface area contributed by atoms with Crippen molar-refractivity contribution in [2.45, 2.75) is 39.9 Å². The second-order valence-electron chi connectivity index (χ2n) is 7.94. The lowest BCUT2D eigenvalue weighted by atomic mass is 10.1. The van der Waals surface area contributed by atoms with Crippen LogP contribution in [-0.4, -0.2) is 25.9 Å². The van der Waals surface area contributed by atoms with E-state index in [0.29, 0.717) is 10.9 Å². The number of hydrogen-bond donors (Lipinski definition) is 1. The van der Waals surface area contributed by atoms with E-state index in [9.17, 15) is 14.9 Å². The minimum absolute atomic E-state index is 0.0543. The third-order valence-corrected chi connectivity index (χ3v) is 10.1. The van der Waals surface area contributed by atoms with Gasteiger partial charge in [-0.15, -0.1) is 34.7 Å². The highest BCUT2D eigenvalue weighted by Crippen LogP contribution is 2.40. The number of aromatic amines is 1. The fourth-order valence-electron chi connectivity index (χ4n) is 4.06. The molecular weight excluding hydrogens is 510 g/mol. The van der Waals surface area contributed by atoms with Crippen LogP contribution in [-0.2, 0) is 12.8 Å². The first kappa shape index (κ1) is 23.4. The summed E-state index contributed by atoms with van der Waals surface area (Å²) in [7, 11) is 0. The van der Waals surface area contributed by atoms with E-state index in [1.54, 1.807) is 35.2 Å². The highest BCUT2D eigenvalue weighted by Gasteiger charge is 2.25. The number of alkyl halides is 1. The van der Waals surface area contributed by atoms with Gasteiger partial charge in [0.2, 0.25) is 0 Å². The van der Waals surface area contributed by atoms with Crippen LogP contribution in [0.4, 0.5) is 5.69 Å². The average molecular weight is 530 g/mol. The highest BCUT2D eigenvalue weighted by atomic mass is 35.5. The maximum Gasteiger partial charge on any atom is 0.269 e. The Labute approximate surface area is 213 Å². The van der Waals surface area contributed by atoms with Crippen LogP contribution in [0.1, 0.15) is 27.8 Å². The zero-order valence-corrected chi connectivity index (χ0v) is 21.1. The maximum atomic E-state index is 12.8. The van der Waals surface area contributed by atoms with Crippen LogP contribution in [0.5, 0.6) is 0 Å². The van der Waals surface area contributed by atoms with Crippen LogP contribution < -0.4 is 5.56 Å². The third-order valence-electron chi connectivity index (χ3n) is 5.72. The Morgan fingerprint density at radius 2 is 1.91 bits per heavy atom. The number of aromatic nitrogens is 2. The summed E-state index contributed by atoms with van der Waals surface area (Å²) >= 11 is 11.6. The average Bonchev–Trinajstić information content (AvgIpc) is 3.43. The predicted molar refractivity (Wildman–Crippen MR) is 141 cm³/mol. The second kappa shape index (κ2) is 10.1. The Hall–Kier alpha value is -2.33. The molecule has 2 heterocycles. The minimum atomic E-state index is -0.408. The number of nitro benzene ring substituents is 1. The Bertz CT molecular complexity index is 1390. The normalized spacial score (nSPS) is 14.7. The number of rotatable bonds is 8. The number of nitrogens with one attached hydrogen (secondary N) is 1. The SMILES string of the molecule is O=c1[nH]c(SC[C@H](Sc2ccc([N+](=O)[O-])cc2)[C@@H](Cl)c2ccccc2)nc2sc3c(c12)CCC3. The molecule has 10 heteroatoms. The lowest BCUT2D eigenvalue weighted by Gasteiger charge is -2.22. The third kappa shape index (κ3) is 4.88. The predicted octanol–water partition coefficient (Wildman–Crippen LogP) is 6.61. The first-order valence-corrected chi connectivity index (χ1v) is 13.9. The van der Waals surface area contributed by atoms with Crippen LogP contribution in [0.2, 0.25) is 0 Å². The van der Waals surface area contributed by atoms with Gasteiger partial charge in [0.05, 0.1) is 15.7 Å². The monoisotopic (exact) mass is 529 g/mol. The molecule has 0 radical (unpaired) electrons. The van der Waals surface area contributed by atoms with Crippen LogP contribution in [0, 0.1) is 10.1 Å². The number of H-pyrrole nitrogens is 1. The van der Waals surface area contributed by atoms with Gasteiger partial charge in [0.15, 0.2) is 5.16 Å². The van der Waals surface area contributed by atoms with Gasteiger partial charge in [0.25, 0.3) is 11.2 Å². The van der Waals surface area contributed by atoms with Gasteiger partial charge >= 0.3 is 0 Å². The number of nitro groups is 1. The molecule has 2 aromatic carbocycles. The van der Waals surface area contributed by atoms with E-state index in [4.69, 9.17) is 16.6 Å². The van der Waals surface area contributed by atoms with E-state index in [-0.39, 0.29) is 21.9 Å². The summed E-state index contributed by atoms with van der Waals surface area (Å²) in [6.45, 7) is 0. The Morgan fingerprint density at radius 1 is 1.15 bits per heavy atom. The first-order chi connectivity index (χ1) is 16.5. The van der Waals surface area contributed by atoms with Gasteiger partial charge in [-0.2, -0.15) is 0 Å². The molecule has 1 aliphatic rings. The van der Waals surface area contributed by atoms with Gasteiger partial charge in [-0.05, 0) is 42.5 Å². The van der Waals surface area contributed by atoms with Gasteiger partial charge < -0.3 is 4.98 Å². The topological polar surface area (TPSA) is 88.9 Å². The lowest BCUT2D eigenvalue weighted by Crippen LogP contribution is -2.15. The number of nitrogens with zero attached hydrogens (tertiary/aromatic N) is 2. The summed E-state index contributed by atoms with van der Waals surface area (Å²) in [6, 6.07) is 16.3. The number of fused-ring (bicyclic) bond motifs is 3. The van der Waals surface area contributed by atoms with E-state index in [0.717, 1.165) is 39.9 Å². The summed E-state index contributed by atoms with van der Waals surface area (Å²) in [5.41, 5.74) is 2.15. The molecule has 0 saturated heterocycles. The van der Waals surface area contributed by atoms with E-state index >= 15 is 0 Å². The number of thioether (sulfide) groups is 2. The van der Waals surface area contributed by atoms with Crippen molar-refractivity contribution < 1.29 is 4.92 Å². The molecule has 1 N–H and O–H groups in total. The Morgan fingerprint density at radius 3 is 2.65 bits per heavy atom. The van der Waals surface area contributed by atoms with Gasteiger partial charge in [-0.3, -0.25) is 14.9 Å². The van der Waals surface area contributed by atoms with E-state index in [2.05, 4.69) is 4.98 Å². The summed E-state index contributed by atoms with van der Waals surface area (Å²) in [5.74, 6) is 0.601. The summed E-state index contributed by atoms with van der Waals surface area (Å²) < 4.78 is 0. The van der Waals surface area contributed by atoms with Crippen molar-refractivity contribution in [3.8, 4) is 0 Å². The minimum Gasteiger partial charge on any atom is -0.301 e. The molecule has 174 valence electrons. The molecule has 0 unspecified atom stereocenters. The van der Waals surface area contributed by atoms with Crippen molar-refractivity contribution in [2.24, 2.45) is 0 Å². The van der Waals surface area contributed by atoms with Gasteiger partial charge in [-0.1, -0.05) is 42.1 Å². The molecule has 2 aromatic heterocycles. The molecular formula is C24H20ClN3O3S3. The van der Waals surface area contributed by atoms with Crippen LogP contribution >= 0.6 is 46.5 Å². The van der Waals surface area contributed by atoms with Crippen molar-refractivity contribution >= 4 is 62.4 Å². The number of benzene rings is 2. The molecule has 1 aliphatic carbocycles. The molecule has 0 amide bonds. The van der Waals surface area contributed by atoms with Gasteiger partial charge in [0.1, 0.15) is 4.83 Å². The highest BCUT2D eigenvalue weighted by molar-refractivity contribution is 8.03. The zero-order valence-electron chi connectivity index (χ0n) is 17.9. The largest absolute Gasteiger partial charge is 0.301 e. The molecule has 2 atom stereocenters. The van der Waals surface area contributed by atoms with Crippen LogP contribution in [0.3, 0.4) is 0 Å². The van der Waals surface area contributed by atoms with Gasteiger partial charge in [-0.25, -0.2) is 4.98 Å². The van der Waals surface area contributed by atoms with Crippen molar-refractivity contribution in [1.82, 2.24) is 9.97 Å². The molecule has 0 aliphatic heterocycles. The number of non-ortho nitro benzene ring substituents is 1. The van der Waals surface area contributed by atoms with E-state index in [1.165, 1.54) is 34.3 Å². The van der Waals surface area contributed by atoms with Crippen molar-refractivity contribution in [3.63, 3.8) is 0 Å². The molecule has 0 saturated carbocycles. The van der Waals surface area contributed by atoms with Crippen LogP contribution in [0.15, 0.2) is 69.4 Å². The lowest BCUT2D eigenvalue weighted by molar-refractivity contribution is -0.384. The standard InChI is InChI=1S/C24H20ClN3O3S3/c25-21(14-5-2-1-3-6-14)19(33-16-11-9-15(10-12-16)28(30)31)13-32-24-26-22(29)20-17-7-4-8-18(17)34-23(20)27-24/h1-3,5-6,9-12,19,21H,4,7-8,13H2,(H,26,27,29)/t19-,21-/m0/s1. The van der Waals surface area contributed by atoms with Crippen molar-refractivity contribution in [2.75, 3.05) is 5.75 Å². The smallest absolute Gasteiger partial charge is 0.269 e. The van der Waals surface area contributed by atoms with E-state index < -0.39 is 4.92 Å². The van der Waals surface area contributed by atoms with Gasteiger partial charge in [0, 0.05) is 32.9 Å². The quantitative estimate of drug-likeness (QED) is 0.0907. The molecule has 0 spiro atoms.